The molecule has 19 heavy (non-hydrogen) atoms. The van der Waals surface area contributed by atoms with E-state index in [-0.39, 0.29) is 6.61 Å². The van der Waals surface area contributed by atoms with Crippen molar-refractivity contribution in [3.05, 3.63) is 28.4 Å². The van der Waals surface area contributed by atoms with Gasteiger partial charge in [0.1, 0.15) is 0 Å². The highest BCUT2D eigenvalue weighted by atomic mass is 79.9. The van der Waals surface area contributed by atoms with Crippen LogP contribution in [0.3, 0.4) is 0 Å². The Hall–Kier alpha value is -0.920. The summed E-state index contributed by atoms with van der Waals surface area (Å²) in [4.78, 5) is 0. The van der Waals surface area contributed by atoms with Crippen molar-refractivity contribution in [2.24, 2.45) is 7.05 Å². The first-order valence-electron chi connectivity index (χ1n) is 5.82. The van der Waals surface area contributed by atoms with E-state index in [0.717, 1.165) is 27.3 Å². The second kappa shape index (κ2) is 5.60. The zero-order valence-electron chi connectivity index (χ0n) is 10.8. The molecule has 0 atom stereocenters. The van der Waals surface area contributed by atoms with Crippen molar-refractivity contribution in [1.29, 1.82) is 0 Å². The highest BCUT2D eigenvalue weighted by Gasteiger charge is 2.09. The zero-order chi connectivity index (χ0) is 14.0. The van der Waals surface area contributed by atoms with Gasteiger partial charge in [-0.25, -0.2) is 0 Å². The number of halogens is 1. The smallest absolute Gasteiger partial charge is 0.264 e. The van der Waals surface area contributed by atoms with Crippen molar-refractivity contribution in [1.82, 2.24) is 9.78 Å². The van der Waals surface area contributed by atoms with Gasteiger partial charge < -0.3 is 0 Å². The van der Waals surface area contributed by atoms with Gasteiger partial charge in [-0.3, -0.25) is 8.86 Å². The van der Waals surface area contributed by atoms with Gasteiger partial charge in [-0.15, -0.1) is 0 Å². The normalized spacial score (nSPS) is 12.2. The molecule has 1 aromatic heterocycles. The molecule has 0 unspecified atom stereocenters. The van der Waals surface area contributed by atoms with Gasteiger partial charge in [0.05, 0.1) is 24.1 Å². The fraction of sp³-hybridized carbons (Fsp3) is 0.417. The molecule has 0 amide bonds. The molecule has 0 saturated carbocycles. The summed E-state index contributed by atoms with van der Waals surface area (Å²) in [6.07, 6.45) is 2.37. The minimum absolute atomic E-state index is 0.188. The molecule has 104 valence electrons. The van der Waals surface area contributed by atoms with Gasteiger partial charge in [-0.2, -0.15) is 13.5 Å². The van der Waals surface area contributed by atoms with Crippen LogP contribution in [-0.2, 0) is 27.8 Å². The molecule has 0 aliphatic heterocycles. The van der Waals surface area contributed by atoms with Crippen LogP contribution in [0.4, 0.5) is 0 Å². The summed E-state index contributed by atoms with van der Waals surface area (Å²) in [6, 6.07) is 6.00. The summed E-state index contributed by atoms with van der Waals surface area (Å²) in [7, 11) is -1.46. The standard InChI is InChI=1S/C12H15BrN2O3S/c1-15-12-8-9(13)5-6-10(12)11(14-15)4-3-7-18-19(2,16)17/h5-6,8H,3-4,7H2,1-2H3. The maximum atomic E-state index is 10.8. The predicted octanol–water partition coefficient (Wildman–Crippen LogP) is 2.24. The molecule has 0 saturated heterocycles. The fourth-order valence-corrected chi connectivity index (χ4v) is 2.71. The maximum Gasteiger partial charge on any atom is 0.264 e. The highest BCUT2D eigenvalue weighted by Crippen LogP contribution is 2.23. The SMILES string of the molecule is Cn1nc(CCCOS(C)(=O)=O)c2ccc(Br)cc21. The molecule has 1 heterocycles. The van der Waals surface area contributed by atoms with Gasteiger partial charge >= 0.3 is 0 Å². The van der Waals surface area contributed by atoms with Gasteiger partial charge in [0.25, 0.3) is 10.1 Å². The summed E-state index contributed by atoms with van der Waals surface area (Å²) in [5, 5.41) is 5.54. The molecule has 0 N–H and O–H groups in total. The topological polar surface area (TPSA) is 61.2 Å². The first kappa shape index (κ1) is 14.5. The van der Waals surface area contributed by atoms with Crippen LogP contribution in [0.5, 0.6) is 0 Å². The van der Waals surface area contributed by atoms with Crippen molar-refractivity contribution in [3.63, 3.8) is 0 Å². The number of fused-ring (bicyclic) bond motifs is 1. The Kier molecular flexibility index (Phi) is 4.27. The molecular weight excluding hydrogens is 332 g/mol. The zero-order valence-corrected chi connectivity index (χ0v) is 13.2. The average molecular weight is 347 g/mol. The molecular formula is C12H15BrN2O3S. The minimum Gasteiger partial charge on any atom is -0.270 e. The van der Waals surface area contributed by atoms with E-state index >= 15 is 0 Å². The monoisotopic (exact) mass is 346 g/mol. The van der Waals surface area contributed by atoms with Crippen LogP contribution < -0.4 is 0 Å². The van der Waals surface area contributed by atoms with E-state index in [1.165, 1.54) is 0 Å². The number of rotatable bonds is 5. The Morgan fingerprint density at radius 2 is 2.16 bits per heavy atom. The molecule has 0 aliphatic rings. The van der Waals surface area contributed by atoms with E-state index < -0.39 is 10.1 Å². The third-order valence-corrected chi connectivity index (χ3v) is 3.83. The van der Waals surface area contributed by atoms with Crippen molar-refractivity contribution in [2.75, 3.05) is 12.9 Å². The Morgan fingerprint density at radius 1 is 1.42 bits per heavy atom. The van der Waals surface area contributed by atoms with Crippen molar-refractivity contribution in [3.8, 4) is 0 Å². The van der Waals surface area contributed by atoms with Crippen LogP contribution in [0.25, 0.3) is 10.9 Å². The van der Waals surface area contributed by atoms with Gasteiger partial charge in [0, 0.05) is 16.9 Å². The molecule has 0 spiro atoms. The van der Waals surface area contributed by atoms with E-state index in [2.05, 4.69) is 21.0 Å². The van der Waals surface area contributed by atoms with E-state index in [9.17, 15) is 8.42 Å². The molecule has 2 rings (SSSR count). The Balaban J connectivity index is 2.09. The van der Waals surface area contributed by atoms with E-state index in [4.69, 9.17) is 4.18 Å². The summed E-state index contributed by atoms with van der Waals surface area (Å²) < 4.78 is 29.3. The second-order valence-electron chi connectivity index (χ2n) is 4.36. The number of nitrogens with zero attached hydrogens (tertiary/aromatic N) is 2. The Labute approximate surface area is 120 Å². The fourth-order valence-electron chi connectivity index (χ4n) is 1.94. The molecule has 7 heteroatoms. The van der Waals surface area contributed by atoms with Gasteiger partial charge in [-0.05, 0) is 31.0 Å². The van der Waals surface area contributed by atoms with Crippen molar-refractivity contribution >= 4 is 37.0 Å². The molecule has 0 aliphatic carbocycles. The number of hydrogen-bond acceptors (Lipinski definition) is 4. The average Bonchev–Trinajstić information content (AvgIpc) is 2.60. The summed E-state index contributed by atoms with van der Waals surface area (Å²) in [5.74, 6) is 0. The van der Waals surface area contributed by atoms with Gasteiger partial charge in [0.15, 0.2) is 0 Å². The van der Waals surface area contributed by atoms with Gasteiger partial charge in [0.2, 0.25) is 0 Å². The van der Waals surface area contributed by atoms with Crippen LogP contribution in [0.1, 0.15) is 12.1 Å². The lowest BCUT2D eigenvalue weighted by molar-refractivity contribution is 0.315. The maximum absolute atomic E-state index is 10.8. The first-order valence-corrected chi connectivity index (χ1v) is 8.43. The van der Waals surface area contributed by atoms with Crippen molar-refractivity contribution < 1.29 is 12.6 Å². The third-order valence-electron chi connectivity index (χ3n) is 2.75. The number of benzene rings is 1. The molecule has 0 bridgehead atoms. The van der Waals surface area contributed by atoms with Crippen LogP contribution in [0.2, 0.25) is 0 Å². The largest absolute Gasteiger partial charge is 0.270 e. The number of aryl methyl sites for hydroxylation is 2. The minimum atomic E-state index is -3.35. The lowest BCUT2D eigenvalue weighted by Crippen LogP contribution is -2.05. The molecule has 2 aromatic rings. The number of hydrogen-bond donors (Lipinski definition) is 0. The lowest BCUT2D eigenvalue weighted by Gasteiger charge is -2.00. The van der Waals surface area contributed by atoms with Crippen molar-refractivity contribution in [2.45, 2.75) is 12.8 Å². The predicted molar refractivity (Wildman–Crippen MR) is 77.5 cm³/mol. The second-order valence-corrected chi connectivity index (χ2v) is 6.92. The third kappa shape index (κ3) is 3.77. The molecule has 0 fully saturated rings. The summed E-state index contributed by atoms with van der Waals surface area (Å²) >= 11 is 3.43. The quantitative estimate of drug-likeness (QED) is 0.615. The Bertz CT molecular complexity index is 694. The lowest BCUT2D eigenvalue weighted by atomic mass is 10.1. The van der Waals surface area contributed by atoms with Crippen LogP contribution >= 0.6 is 15.9 Å². The van der Waals surface area contributed by atoms with Crippen LogP contribution in [0.15, 0.2) is 22.7 Å². The van der Waals surface area contributed by atoms with E-state index in [1.807, 2.05) is 29.9 Å². The summed E-state index contributed by atoms with van der Waals surface area (Å²) in [6.45, 7) is 0.188. The molecule has 1 aromatic carbocycles. The Morgan fingerprint density at radius 3 is 2.84 bits per heavy atom. The van der Waals surface area contributed by atoms with Gasteiger partial charge in [-0.1, -0.05) is 15.9 Å². The van der Waals surface area contributed by atoms with E-state index in [0.29, 0.717) is 12.8 Å². The van der Waals surface area contributed by atoms with E-state index in [1.54, 1.807) is 0 Å². The van der Waals surface area contributed by atoms with Crippen LogP contribution in [0, 0.1) is 0 Å². The summed E-state index contributed by atoms with van der Waals surface area (Å²) in [5.41, 5.74) is 2.01. The molecule has 5 nitrogen and oxygen atoms in total. The first-order chi connectivity index (χ1) is 8.87. The van der Waals surface area contributed by atoms with Crippen LogP contribution in [-0.4, -0.2) is 31.1 Å². The highest BCUT2D eigenvalue weighted by molar-refractivity contribution is 9.10. The number of aromatic nitrogens is 2. The molecule has 0 radical (unpaired) electrons.